The molecule has 0 spiro atoms. The van der Waals surface area contributed by atoms with Gasteiger partial charge in [-0.2, -0.15) is 4.98 Å². The van der Waals surface area contributed by atoms with E-state index in [4.69, 9.17) is 21.9 Å². The molecule has 3 aromatic rings. The number of hydrogen-bond acceptors (Lipinski definition) is 4. The highest BCUT2D eigenvalue weighted by Crippen LogP contribution is 2.31. The molecule has 2 aromatic carbocycles. The van der Waals surface area contributed by atoms with E-state index in [0.29, 0.717) is 28.5 Å². The number of nitrogens with two attached hydrogens (primary N) is 1. The summed E-state index contributed by atoms with van der Waals surface area (Å²) in [5.41, 5.74) is 7.60. The van der Waals surface area contributed by atoms with Gasteiger partial charge >= 0.3 is 0 Å². The van der Waals surface area contributed by atoms with Crippen molar-refractivity contribution in [2.75, 3.05) is 5.73 Å². The van der Waals surface area contributed by atoms with E-state index in [0.717, 1.165) is 5.56 Å². The molecular weight excluding hydrogens is 293 g/mol. The van der Waals surface area contributed by atoms with Crippen molar-refractivity contribution in [1.82, 2.24) is 10.1 Å². The average Bonchev–Trinajstić information content (AvgIpc) is 2.87. The maximum atomic E-state index is 13.1. The lowest BCUT2D eigenvalue weighted by molar-refractivity contribution is 0.424. The average molecular weight is 304 g/mol. The lowest BCUT2D eigenvalue weighted by atomic mass is 10.1. The second kappa shape index (κ2) is 5.54. The van der Waals surface area contributed by atoms with E-state index in [9.17, 15) is 4.39 Å². The normalized spacial score (nSPS) is 10.8. The Balaban J connectivity index is 1.90. The number of nitrogen functional groups attached to an aromatic ring is 1. The van der Waals surface area contributed by atoms with Gasteiger partial charge in [0.05, 0.1) is 10.6 Å². The van der Waals surface area contributed by atoms with Crippen LogP contribution >= 0.6 is 11.6 Å². The molecule has 0 aliphatic carbocycles. The van der Waals surface area contributed by atoms with Crippen LogP contribution in [0.15, 0.2) is 47.0 Å². The van der Waals surface area contributed by atoms with Crippen LogP contribution in [0.25, 0.3) is 11.5 Å². The van der Waals surface area contributed by atoms with Gasteiger partial charge < -0.3 is 10.3 Å². The minimum absolute atomic E-state index is 0.254. The molecule has 0 radical (unpaired) electrons. The summed E-state index contributed by atoms with van der Waals surface area (Å²) in [6.45, 7) is 0. The SMILES string of the molecule is Nc1cccc(Cl)c1-c1nc(Cc2cccc(F)c2)no1. The summed E-state index contributed by atoms with van der Waals surface area (Å²) in [4.78, 5) is 4.26. The van der Waals surface area contributed by atoms with Crippen molar-refractivity contribution in [2.24, 2.45) is 0 Å². The third kappa shape index (κ3) is 2.87. The van der Waals surface area contributed by atoms with Crippen LogP contribution in [-0.2, 0) is 6.42 Å². The second-order valence-electron chi connectivity index (χ2n) is 4.53. The molecule has 106 valence electrons. The standard InChI is InChI=1S/C15H11ClFN3O/c16-11-5-2-6-12(18)14(11)15-19-13(20-21-15)8-9-3-1-4-10(17)7-9/h1-7H,8,18H2. The smallest absolute Gasteiger partial charge is 0.261 e. The van der Waals surface area contributed by atoms with Gasteiger partial charge in [0.2, 0.25) is 0 Å². The molecule has 6 heteroatoms. The number of nitrogens with zero attached hydrogens (tertiary/aromatic N) is 2. The van der Waals surface area contributed by atoms with Crippen molar-refractivity contribution in [3.63, 3.8) is 0 Å². The molecule has 1 heterocycles. The largest absolute Gasteiger partial charge is 0.398 e. The van der Waals surface area contributed by atoms with E-state index in [1.165, 1.54) is 12.1 Å². The maximum absolute atomic E-state index is 13.1. The Kier molecular flexibility index (Phi) is 3.58. The predicted molar refractivity (Wildman–Crippen MR) is 78.4 cm³/mol. The molecule has 0 aliphatic rings. The zero-order chi connectivity index (χ0) is 14.8. The zero-order valence-electron chi connectivity index (χ0n) is 10.9. The predicted octanol–water partition coefficient (Wildman–Crippen LogP) is 3.70. The van der Waals surface area contributed by atoms with Gasteiger partial charge in [-0.1, -0.05) is 35.0 Å². The third-order valence-electron chi connectivity index (χ3n) is 2.98. The Morgan fingerprint density at radius 1 is 1.19 bits per heavy atom. The van der Waals surface area contributed by atoms with E-state index >= 15 is 0 Å². The van der Waals surface area contributed by atoms with Gasteiger partial charge in [-0.15, -0.1) is 0 Å². The van der Waals surface area contributed by atoms with E-state index in [1.807, 2.05) is 0 Å². The Morgan fingerprint density at radius 3 is 2.76 bits per heavy atom. The van der Waals surface area contributed by atoms with Gasteiger partial charge in [0, 0.05) is 12.1 Å². The Hall–Kier alpha value is -2.40. The second-order valence-corrected chi connectivity index (χ2v) is 4.93. The van der Waals surface area contributed by atoms with Crippen molar-refractivity contribution >= 4 is 17.3 Å². The highest BCUT2D eigenvalue weighted by atomic mass is 35.5. The summed E-state index contributed by atoms with van der Waals surface area (Å²) in [5, 5.41) is 4.32. The fraction of sp³-hybridized carbons (Fsp3) is 0.0667. The van der Waals surface area contributed by atoms with Gasteiger partial charge in [-0.25, -0.2) is 4.39 Å². The summed E-state index contributed by atoms with van der Waals surface area (Å²) < 4.78 is 18.3. The van der Waals surface area contributed by atoms with Gasteiger partial charge in [-0.3, -0.25) is 0 Å². The molecule has 0 unspecified atom stereocenters. The van der Waals surface area contributed by atoms with E-state index in [2.05, 4.69) is 10.1 Å². The first-order valence-corrected chi connectivity index (χ1v) is 6.62. The molecule has 4 nitrogen and oxygen atoms in total. The highest BCUT2D eigenvalue weighted by molar-refractivity contribution is 6.33. The fourth-order valence-electron chi connectivity index (χ4n) is 2.02. The van der Waals surface area contributed by atoms with Crippen molar-refractivity contribution in [1.29, 1.82) is 0 Å². The van der Waals surface area contributed by atoms with Gasteiger partial charge in [0.25, 0.3) is 5.89 Å². The molecule has 0 fully saturated rings. The minimum Gasteiger partial charge on any atom is -0.398 e. The van der Waals surface area contributed by atoms with Crippen molar-refractivity contribution < 1.29 is 8.91 Å². The maximum Gasteiger partial charge on any atom is 0.261 e. The first-order valence-electron chi connectivity index (χ1n) is 6.25. The number of aromatic nitrogens is 2. The quantitative estimate of drug-likeness (QED) is 0.749. The number of benzene rings is 2. The molecule has 0 amide bonds. The molecule has 0 bridgehead atoms. The third-order valence-corrected chi connectivity index (χ3v) is 3.29. The first-order chi connectivity index (χ1) is 10.1. The van der Waals surface area contributed by atoms with Crippen LogP contribution in [0.1, 0.15) is 11.4 Å². The highest BCUT2D eigenvalue weighted by Gasteiger charge is 2.15. The van der Waals surface area contributed by atoms with Crippen LogP contribution in [0.5, 0.6) is 0 Å². The van der Waals surface area contributed by atoms with Crippen LogP contribution in [0.2, 0.25) is 5.02 Å². The lowest BCUT2D eigenvalue weighted by Gasteiger charge is -2.01. The van der Waals surface area contributed by atoms with Gasteiger partial charge in [0.15, 0.2) is 5.82 Å². The van der Waals surface area contributed by atoms with Crippen LogP contribution in [0, 0.1) is 5.82 Å². The van der Waals surface area contributed by atoms with E-state index in [-0.39, 0.29) is 11.7 Å². The monoisotopic (exact) mass is 303 g/mol. The van der Waals surface area contributed by atoms with Crippen LogP contribution < -0.4 is 5.73 Å². The minimum atomic E-state index is -0.299. The van der Waals surface area contributed by atoms with E-state index < -0.39 is 0 Å². The van der Waals surface area contributed by atoms with Crippen LogP contribution in [0.3, 0.4) is 0 Å². The first kappa shape index (κ1) is 13.6. The summed E-state index contributed by atoms with van der Waals surface area (Å²) in [6.07, 6.45) is 0.367. The molecule has 0 atom stereocenters. The summed E-state index contributed by atoms with van der Waals surface area (Å²) in [5.74, 6) is 0.394. The molecule has 21 heavy (non-hydrogen) atoms. The fourth-order valence-corrected chi connectivity index (χ4v) is 2.29. The summed E-state index contributed by atoms with van der Waals surface area (Å²) in [6, 6.07) is 11.4. The van der Waals surface area contributed by atoms with Crippen molar-refractivity contribution in [3.05, 3.63) is 64.7 Å². The van der Waals surface area contributed by atoms with E-state index in [1.54, 1.807) is 30.3 Å². The molecule has 3 rings (SSSR count). The van der Waals surface area contributed by atoms with Gasteiger partial charge in [0.1, 0.15) is 5.82 Å². The molecule has 1 aromatic heterocycles. The molecule has 0 saturated heterocycles. The van der Waals surface area contributed by atoms with Crippen LogP contribution in [0.4, 0.5) is 10.1 Å². The number of halogens is 2. The Labute approximate surface area is 125 Å². The number of hydrogen-bond donors (Lipinski definition) is 1. The number of rotatable bonds is 3. The molecule has 2 N–H and O–H groups in total. The topological polar surface area (TPSA) is 64.9 Å². The number of anilines is 1. The van der Waals surface area contributed by atoms with Crippen LogP contribution in [-0.4, -0.2) is 10.1 Å². The molecule has 0 saturated carbocycles. The van der Waals surface area contributed by atoms with Crippen molar-refractivity contribution in [3.8, 4) is 11.5 Å². The van der Waals surface area contributed by atoms with Gasteiger partial charge in [-0.05, 0) is 29.8 Å². The molecular formula is C15H11ClFN3O. The van der Waals surface area contributed by atoms with Crippen molar-refractivity contribution in [2.45, 2.75) is 6.42 Å². The molecule has 0 aliphatic heterocycles. The lowest BCUT2D eigenvalue weighted by Crippen LogP contribution is -1.93. The summed E-state index contributed by atoms with van der Waals surface area (Å²) in [7, 11) is 0. The zero-order valence-corrected chi connectivity index (χ0v) is 11.6. The Morgan fingerprint density at radius 2 is 2.00 bits per heavy atom. The summed E-state index contributed by atoms with van der Waals surface area (Å²) >= 11 is 6.10. The Bertz CT molecular complexity index is 768.